The van der Waals surface area contributed by atoms with Crippen LogP contribution in [0, 0.1) is 5.92 Å². The lowest BCUT2D eigenvalue weighted by molar-refractivity contribution is -0.148. The maximum absolute atomic E-state index is 13.8. The number of rotatable bonds is 11. The third-order valence-corrected chi connectivity index (χ3v) is 7.33. The van der Waals surface area contributed by atoms with E-state index in [1.807, 2.05) is 60.8 Å². The second-order valence-electron chi connectivity index (χ2n) is 9.97. The highest BCUT2D eigenvalue weighted by atomic mass is 16.5. The van der Waals surface area contributed by atoms with E-state index in [9.17, 15) is 14.4 Å². The van der Waals surface area contributed by atoms with Gasteiger partial charge < -0.3 is 19.9 Å². The van der Waals surface area contributed by atoms with E-state index in [2.05, 4.69) is 10.3 Å². The predicted molar refractivity (Wildman–Crippen MR) is 144 cm³/mol. The molecular weight excluding hydrogens is 466 g/mol. The lowest BCUT2D eigenvalue weighted by Gasteiger charge is -2.30. The number of esters is 1. The van der Waals surface area contributed by atoms with Gasteiger partial charge in [-0.25, -0.2) is 0 Å². The van der Waals surface area contributed by atoms with Crippen molar-refractivity contribution in [2.75, 3.05) is 20.2 Å². The molecule has 1 unspecified atom stereocenters. The molecule has 1 aliphatic carbocycles. The zero-order valence-electron chi connectivity index (χ0n) is 21.6. The van der Waals surface area contributed by atoms with Crippen LogP contribution in [0.1, 0.15) is 49.7 Å². The second kappa shape index (κ2) is 13.1. The van der Waals surface area contributed by atoms with Crippen LogP contribution in [-0.4, -0.2) is 53.9 Å². The van der Waals surface area contributed by atoms with Crippen LogP contribution >= 0.6 is 0 Å². The quantitative estimate of drug-likeness (QED) is 0.379. The minimum atomic E-state index is -0.781. The molecule has 4 rings (SSSR count). The van der Waals surface area contributed by atoms with Crippen molar-refractivity contribution in [2.24, 2.45) is 5.92 Å². The summed E-state index contributed by atoms with van der Waals surface area (Å²) in [6.07, 6.45) is 9.22. The van der Waals surface area contributed by atoms with Crippen molar-refractivity contribution >= 4 is 28.7 Å². The number of aromatic nitrogens is 1. The van der Waals surface area contributed by atoms with E-state index in [4.69, 9.17) is 4.74 Å². The van der Waals surface area contributed by atoms with Gasteiger partial charge in [-0.3, -0.25) is 14.4 Å². The summed E-state index contributed by atoms with van der Waals surface area (Å²) in [6, 6.07) is 16.7. The number of fused-ring (bicyclic) bond motifs is 1. The fourth-order valence-corrected chi connectivity index (χ4v) is 5.27. The molecule has 7 heteroatoms. The van der Waals surface area contributed by atoms with Gasteiger partial charge in [-0.15, -0.1) is 0 Å². The number of nitrogens with one attached hydrogen (secondary N) is 2. The van der Waals surface area contributed by atoms with Crippen LogP contribution < -0.4 is 5.32 Å². The van der Waals surface area contributed by atoms with Gasteiger partial charge >= 0.3 is 5.97 Å². The first-order valence-corrected chi connectivity index (χ1v) is 13.3. The molecule has 1 atom stereocenters. The number of benzene rings is 2. The van der Waals surface area contributed by atoms with E-state index in [-0.39, 0.29) is 24.8 Å². The number of hydrogen-bond donors (Lipinski definition) is 2. The van der Waals surface area contributed by atoms with Crippen LogP contribution in [0.5, 0.6) is 0 Å². The average Bonchev–Trinajstić information content (AvgIpc) is 3.33. The van der Waals surface area contributed by atoms with E-state index in [1.54, 1.807) is 4.90 Å². The van der Waals surface area contributed by atoms with Crippen LogP contribution in [0.2, 0.25) is 0 Å². The lowest BCUT2D eigenvalue weighted by Crippen LogP contribution is -2.51. The molecule has 7 nitrogen and oxygen atoms in total. The largest absolute Gasteiger partial charge is 0.468 e. The number of nitrogens with zero attached hydrogens (tertiary/aromatic N) is 1. The summed E-state index contributed by atoms with van der Waals surface area (Å²) in [5.74, 6) is -0.382. The van der Waals surface area contributed by atoms with Gasteiger partial charge in [0.05, 0.1) is 13.5 Å². The summed E-state index contributed by atoms with van der Waals surface area (Å²) in [5.41, 5.74) is 2.79. The minimum absolute atomic E-state index is 0.119. The Hall–Kier alpha value is -3.61. The summed E-state index contributed by atoms with van der Waals surface area (Å²) >= 11 is 0. The zero-order valence-corrected chi connectivity index (χ0v) is 21.6. The zero-order chi connectivity index (χ0) is 26.0. The maximum Gasteiger partial charge on any atom is 0.325 e. The van der Waals surface area contributed by atoms with Gasteiger partial charge in [-0.2, -0.15) is 0 Å². The van der Waals surface area contributed by atoms with E-state index in [0.717, 1.165) is 41.3 Å². The van der Waals surface area contributed by atoms with Crippen LogP contribution in [-0.2, 0) is 32.0 Å². The molecule has 2 aromatic carbocycles. The summed E-state index contributed by atoms with van der Waals surface area (Å²) < 4.78 is 4.89. The van der Waals surface area contributed by atoms with Crippen molar-refractivity contribution in [3.63, 3.8) is 0 Å². The molecule has 2 amide bonds. The van der Waals surface area contributed by atoms with Crippen LogP contribution in [0.15, 0.2) is 60.8 Å². The molecule has 1 aromatic heterocycles. The van der Waals surface area contributed by atoms with Crippen molar-refractivity contribution in [3.05, 3.63) is 71.9 Å². The number of ether oxygens (including phenoxy) is 1. The molecular formula is C30H37N3O4. The maximum atomic E-state index is 13.8. The number of carbonyl (C=O) groups excluding carboxylic acids is 3. The summed E-state index contributed by atoms with van der Waals surface area (Å²) in [4.78, 5) is 44.0. The third kappa shape index (κ3) is 7.44. The number of methoxy groups -OCH3 is 1. The number of para-hydroxylation sites is 1. The molecule has 2 N–H and O–H groups in total. The Labute approximate surface area is 218 Å². The molecule has 196 valence electrons. The van der Waals surface area contributed by atoms with E-state index >= 15 is 0 Å². The van der Waals surface area contributed by atoms with Gasteiger partial charge in [-0.05, 0) is 29.5 Å². The molecule has 0 spiro atoms. The van der Waals surface area contributed by atoms with Crippen molar-refractivity contribution in [1.29, 1.82) is 0 Å². The standard InChI is InChI=1S/C30H37N3O4/c1-37-29(35)21-33(17-16-22-10-4-2-5-11-22)30(36)27(18-23-12-6-3-7-13-23)32-28(34)19-24-20-31-26-15-9-8-14-25(24)26/h3,6-9,12-15,20,22,27,31H,2,4-5,10-11,16-19,21H2,1H3,(H,32,34). The number of aromatic amines is 1. The Kier molecular flexibility index (Phi) is 9.35. The van der Waals surface area contributed by atoms with Crippen molar-refractivity contribution in [2.45, 2.75) is 57.4 Å². The molecule has 3 aromatic rings. The topological polar surface area (TPSA) is 91.5 Å². The summed E-state index contributed by atoms with van der Waals surface area (Å²) in [6.45, 7) is 0.355. The first kappa shape index (κ1) is 26.5. The first-order valence-electron chi connectivity index (χ1n) is 13.3. The summed E-state index contributed by atoms with van der Waals surface area (Å²) in [7, 11) is 1.33. The van der Waals surface area contributed by atoms with Crippen LogP contribution in [0.3, 0.4) is 0 Å². The number of carbonyl (C=O) groups is 3. The van der Waals surface area contributed by atoms with E-state index in [0.29, 0.717) is 18.9 Å². The second-order valence-corrected chi connectivity index (χ2v) is 9.97. The number of H-pyrrole nitrogens is 1. The third-order valence-electron chi connectivity index (χ3n) is 7.33. The highest BCUT2D eigenvalue weighted by molar-refractivity contribution is 5.93. The van der Waals surface area contributed by atoms with Crippen molar-refractivity contribution in [3.8, 4) is 0 Å². The highest BCUT2D eigenvalue weighted by Crippen LogP contribution is 2.26. The Morgan fingerprint density at radius 3 is 2.51 bits per heavy atom. The van der Waals surface area contributed by atoms with Crippen molar-refractivity contribution < 1.29 is 19.1 Å². The Morgan fingerprint density at radius 2 is 1.76 bits per heavy atom. The normalized spacial score (nSPS) is 14.7. The number of hydrogen-bond acceptors (Lipinski definition) is 4. The highest BCUT2D eigenvalue weighted by Gasteiger charge is 2.29. The molecule has 0 aliphatic heterocycles. The first-order chi connectivity index (χ1) is 18.0. The fourth-order valence-electron chi connectivity index (χ4n) is 5.27. The molecule has 1 aliphatic rings. The smallest absolute Gasteiger partial charge is 0.325 e. The number of amides is 2. The van der Waals surface area contributed by atoms with Gasteiger partial charge in [0, 0.05) is 30.1 Å². The molecule has 37 heavy (non-hydrogen) atoms. The van der Waals surface area contributed by atoms with Gasteiger partial charge in [0.25, 0.3) is 0 Å². The predicted octanol–water partition coefficient (Wildman–Crippen LogP) is 4.41. The molecule has 1 heterocycles. The molecule has 1 saturated carbocycles. The molecule has 0 radical (unpaired) electrons. The Morgan fingerprint density at radius 1 is 1.03 bits per heavy atom. The van der Waals surface area contributed by atoms with Crippen molar-refractivity contribution in [1.82, 2.24) is 15.2 Å². The van der Waals surface area contributed by atoms with Gasteiger partial charge in [0.2, 0.25) is 11.8 Å². The lowest BCUT2D eigenvalue weighted by atomic mass is 9.87. The Balaban J connectivity index is 1.50. The average molecular weight is 504 g/mol. The SMILES string of the molecule is COC(=O)CN(CCC1CCCCC1)C(=O)C(Cc1ccccc1)NC(=O)Cc1c[nH]c2ccccc12. The minimum Gasteiger partial charge on any atom is -0.468 e. The van der Waals surface area contributed by atoms with Gasteiger partial charge in [0.15, 0.2) is 0 Å². The van der Waals surface area contributed by atoms with Gasteiger partial charge in [-0.1, -0.05) is 80.6 Å². The van der Waals surface area contributed by atoms with Crippen LogP contribution in [0.4, 0.5) is 0 Å². The fraction of sp³-hybridized carbons (Fsp3) is 0.433. The van der Waals surface area contributed by atoms with Crippen LogP contribution in [0.25, 0.3) is 10.9 Å². The van der Waals surface area contributed by atoms with E-state index in [1.165, 1.54) is 26.4 Å². The summed E-state index contributed by atoms with van der Waals surface area (Å²) in [5, 5.41) is 3.97. The monoisotopic (exact) mass is 503 g/mol. The molecule has 0 bridgehead atoms. The van der Waals surface area contributed by atoms with Gasteiger partial charge in [0.1, 0.15) is 12.6 Å². The molecule has 1 fully saturated rings. The van der Waals surface area contributed by atoms with E-state index < -0.39 is 12.0 Å². The molecule has 0 saturated heterocycles. The Bertz CT molecular complexity index is 1180.